The number of carbonyl (C=O) groups excluding carboxylic acids is 2. The fourth-order valence-electron chi connectivity index (χ4n) is 4.70. The average molecular weight is 583 g/mol. The standard InChI is InChI=1S/C35H35ClN2O4/c1-2-3-4-6-25-9-11-26(12-10-25)22-37-33(39)31-8-5-7-30(21-31)29-17-13-27(14-18-29)23-38(34(40)35(41)42)24-28-15-19-32(36)20-16-28/h5,7-21H,2-4,6,22-24H2,1H3,(H,37,39)(H,41,42). The van der Waals surface area contributed by atoms with Crippen molar-refractivity contribution in [1.82, 2.24) is 10.2 Å². The molecule has 0 saturated heterocycles. The van der Waals surface area contributed by atoms with Gasteiger partial charge in [-0.25, -0.2) is 4.79 Å². The summed E-state index contributed by atoms with van der Waals surface area (Å²) in [5.41, 5.74) is 6.29. The predicted molar refractivity (Wildman–Crippen MR) is 166 cm³/mol. The minimum absolute atomic E-state index is 0.135. The summed E-state index contributed by atoms with van der Waals surface area (Å²) in [6.45, 7) is 2.93. The highest BCUT2D eigenvalue weighted by Gasteiger charge is 2.21. The molecule has 0 aliphatic carbocycles. The average Bonchev–Trinajstić information content (AvgIpc) is 3.01. The van der Waals surface area contributed by atoms with Crippen molar-refractivity contribution in [3.8, 4) is 11.1 Å². The van der Waals surface area contributed by atoms with Gasteiger partial charge in [-0.15, -0.1) is 0 Å². The number of hydrogen-bond donors (Lipinski definition) is 2. The lowest BCUT2D eigenvalue weighted by atomic mass is 10.0. The molecule has 0 unspecified atom stereocenters. The summed E-state index contributed by atoms with van der Waals surface area (Å²) < 4.78 is 0. The van der Waals surface area contributed by atoms with Crippen LogP contribution in [-0.2, 0) is 35.6 Å². The molecule has 0 aliphatic heterocycles. The molecule has 0 aromatic heterocycles. The van der Waals surface area contributed by atoms with E-state index in [2.05, 4.69) is 36.5 Å². The molecule has 7 heteroatoms. The third-order valence-corrected chi connectivity index (χ3v) is 7.34. The number of benzene rings is 4. The number of amides is 2. The quantitative estimate of drug-likeness (QED) is 0.136. The van der Waals surface area contributed by atoms with Gasteiger partial charge in [0, 0.05) is 30.2 Å². The van der Waals surface area contributed by atoms with E-state index < -0.39 is 11.9 Å². The molecule has 2 amide bonds. The molecule has 0 bridgehead atoms. The Labute approximate surface area is 252 Å². The Morgan fingerprint density at radius 2 is 1.33 bits per heavy atom. The summed E-state index contributed by atoms with van der Waals surface area (Å²) in [4.78, 5) is 38.0. The molecule has 4 aromatic rings. The molecule has 0 saturated carbocycles. The third kappa shape index (κ3) is 8.79. The molecular formula is C35H35ClN2O4. The number of carboxylic acids is 1. The first-order valence-electron chi connectivity index (χ1n) is 14.1. The zero-order chi connectivity index (χ0) is 29.9. The summed E-state index contributed by atoms with van der Waals surface area (Å²) in [6.07, 6.45) is 4.71. The lowest BCUT2D eigenvalue weighted by Gasteiger charge is -2.21. The van der Waals surface area contributed by atoms with Crippen LogP contribution < -0.4 is 5.32 Å². The highest BCUT2D eigenvalue weighted by molar-refractivity contribution is 6.31. The number of unbranched alkanes of at least 4 members (excludes halogenated alkanes) is 2. The fraction of sp³-hybridized carbons (Fsp3) is 0.229. The van der Waals surface area contributed by atoms with Gasteiger partial charge < -0.3 is 15.3 Å². The van der Waals surface area contributed by atoms with Gasteiger partial charge in [0.15, 0.2) is 0 Å². The SMILES string of the molecule is CCCCCc1ccc(CNC(=O)c2cccc(-c3ccc(CN(Cc4ccc(Cl)cc4)C(=O)C(=O)O)cc3)c2)cc1. The maximum absolute atomic E-state index is 12.9. The first-order chi connectivity index (χ1) is 20.3. The Kier molecular flexibility index (Phi) is 10.9. The molecular weight excluding hydrogens is 548 g/mol. The number of carboxylic acid groups (broad SMARTS) is 1. The van der Waals surface area contributed by atoms with Crippen LogP contribution in [0, 0.1) is 0 Å². The van der Waals surface area contributed by atoms with E-state index in [1.54, 1.807) is 30.3 Å². The zero-order valence-electron chi connectivity index (χ0n) is 23.7. The van der Waals surface area contributed by atoms with Crippen LogP contribution >= 0.6 is 11.6 Å². The predicted octanol–water partition coefficient (Wildman–Crippen LogP) is 7.28. The van der Waals surface area contributed by atoms with Crippen molar-refractivity contribution in [3.63, 3.8) is 0 Å². The monoisotopic (exact) mass is 582 g/mol. The van der Waals surface area contributed by atoms with E-state index in [1.165, 1.54) is 29.7 Å². The van der Waals surface area contributed by atoms with Gasteiger partial charge >= 0.3 is 11.9 Å². The number of hydrogen-bond acceptors (Lipinski definition) is 3. The van der Waals surface area contributed by atoms with E-state index in [9.17, 15) is 19.5 Å². The van der Waals surface area contributed by atoms with Crippen LogP contribution in [0.15, 0.2) is 97.1 Å². The van der Waals surface area contributed by atoms with Crippen molar-refractivity contribution in [3.05, 3.63) is 130 Å². The summed E-state index contributed by atoms with van der Waals surface area (Å²) >= 11 is 5.95. The Balaban J connectivity index is 1.38. The molecule has 6 nitrogen and oxygen atoms in total. The van der Waals surface area contributed by atoms with E-state index >= 15 is 0 Å². The van der Waals surface area contributed by atoms with Gasteiger partial charge in [-0.2, -0.15) is 0 Å². The van der Waals surface area contributed by atoms with Gasteiger partial charge in [0.25, 0.3) is 5.91 Å². The summed E-state index contributed by atoms with van der Waals surface area (Å²) in [5, 5.41) is 12.9. The Morgan fingerprint density at radius 3 is 1.95 bits per heavy atom. The number of aliphatic carboxylic acids is 1. The summed E-state index contributed by atoms with van der Waals surface area (Å²) in [7, 11) is 0. The van der Waals surface area contributed by atoms with Crippen LogP contribution in [0.4, 0.5) is 0 Å². The highest BCUT2D eigenvalue weighted by atomic mass is 35.5. The van der Waals surface area contributed by atoms with Crippen molar-refractivity contribution in [2.24, 2.45) is 0 Å². The molecule has 0 spiro atoms. The third-order valence-electron chi connectivity index (χ3n) is 7.09. The van der Waals surface area contributed by atoms with Crippen LogP contribution in [0.5, 0.6) is 0 Å². The van der Waals surface area contributed by atoms with E-state index in [-0.39, 0.29) is 19.0 Å². The smallest absolute Gasteiger partial charge is 0.394 e. The second-order valence-electron chi connectivity index (χ2n) is 10.3. The lowest BCUT2D eigenvalue weighted by Crippen LogP contribution is -2.35. The topological polar surface area (TPSA) is 86.7 Å². The number of halogens is 1. The van der Waals surface area contributed by atoms with Crippen molar-refractivity contribution in [2.45, 2.75) is 52.2 Å². The van der Waals surface area contributed by atoms with E-state index in [1.807, 2.05) is 42.5 Å². The van der Waals surface area contributed by atoms with Gasteiger partial charge in [-0.1, -0.05) is 104 Å². The van der Waals surface area contributed by atoms with E-state index in [0.29, 0.717) is 17.1 Å². The Morgan fingerprint density at radius 1 is 0.738 bits per heavy atom. The Hall–Kier alpha value is -4.42. The number of aryl methyl sites for hydroxylation is 1. The lowest BCUT2D eigenvalue weighted by molar-refractivity contribution is -0.156. The minimum atomic E-state index is -1.50. The molecule has 0 fully saturated rings. The number of rotatable bonds is 12. The first-order valence-corrected chi connectivity index (χ1v) is 14.5. The molecule has 0 atom stereocenters. The molecule has 42 heavy (non-hydrogen) atoms. The fourth-order valence-corrected chi connectivity index (χ4v) is 4.82. The zero-order valence-corrected chi connectivity index (χ0v) is 24.4. The number of carbonyl (C=O) groups is 3. The molecule has 4 rings (SSSR count). The van der Waals surface area contributed by atoms with Gasteiger partial charge in [-0.05, 0) is 70.5 Å². The second kappa shape index (κ2) is 15.0. The van der Waals surface area contributed by atoms with Crippen molar-refractivity contribution in [2.75, 3.05) is 0 Å². The van der Waals surface area contributed by atoms with Crippen molar-refractivity contribution >= 4 is 29.4 Å². The molecule has 0 radical (unpaired) electrons. The maximum Gasteiger partial charge on any atom is 0.394 e. The van der Waals surface area contributed by atoms with Gasteiger partial charge in [0.2, 0.25) is 0 Å². The van der Waals surface area contributed by atoms with Crippen molar-refractivity contribution in [1.29, 1.82) is 0 Å². The van der Waals surface area contributed by atoms with E-state index in [4.69, 9.17) is 11.6 Å². The van der Waals surface area contributed by atoms with Crippen LogP contribution in [0.1, 0.15) is 58.8 Å². The maximum atomic E-state index is 12.9. The Bertz CT molecular complexity index is 1500. The van der Waals surface area contributed by atoms with Crippen LogP contribution in [-0.4, -0.2) is 27.8 Å². The summed E-state index contributed by atoms with van der Waals surface area (Å²) in [6, 6.07) is 30.3. The largest absolute Gasteiger partial charge is 0.474 e. The van der Waals surface area contributed by atoms with Crippen LogP contribution in [0.25, 0.3) is 11.1 Å². The van der Waals surface area contributed by atoms with Gasteiger partial charge in [0.1, 0.15) is 0 Å². The van der Waals surface area contributed by atoms with Gasteiger partial charge in [0.05, 0.1) is 0 Å². The number of nitrogens with one attached hydrogen (secondary N) is 1. The van der Waals surface area contributed by atoms with Crippen LogP contribution in [0.3, 0.4) is 0 Å². The highest BCUT2D eigenvalue weighted by Crippen LogP contribution is 2.22. The second-order valence-corrected chi connectivity index (χ2v) is 10.8. The van der Waals surface area contributed by atoms with E-state index in [0.717, 1.165) is 34.2 Å². The molecule has 4 aromatic carbocycles. The minimum Gasteiger partial charge on any atom is -0.474 e. The molecule has 0 heterocycles. The van der Waals surface area contributed by atoms with Crippen LogP contribution in [0.2, 0.25) is 5.02 Å². The number of nitrogens with zero attached hydrogens (tertiary/aromatic N) is 1. The van der Waals surface area contributed by atoms with Gasteiger partial charge in [-0.3, -0.25) is 9.59 Å². The molecule has 2 N–H and O–H groups in total. The molecule has 0 aliphatic rings. The first kappa shape index (κ1) is 30.5. The normalized spacial score (nSPS) is 10.7. The molecule has 216 valence electrons. The van der Waals surface area contributed by atoms with Crippen molar-refractivity contribution < 1.29 is 19.5 Å². The summed E-state index contributed by atoms with van der Waals surface area (Å²) in [5.74, 6) is -2.63.